The van der Waals surface area contributed by atoms with Crippen molar-refractivity contribution in [1.29, 1.82) is 0 Å². The van der Waals surface area contributed by atoms with Crippen LogP contribution in [0.3, 0.4) is 0 Å². The van der Waals surface area contributed by atoms with Crippen LogP contribution < -0.4 is 5.56 Å². The summed E-state index contributed by atoms with van der Waals surface area (Å²) >= 11 is 1.51. The van der Waals surface area contributed by atoms with Gasteiger partial charge in [0.25, 0.3) is 0 Å². The van der Waals surface area contributed by atoms with Crippen molar-refractivity contribution in [2.24, 2.45) is 0 Å². The van der Waals surface area contributed by atoms with Gasteiger partial charge in [0.05, 0.1) is 11.3 Å². The fourth-order valence-corrected chi connectivity index (χ4v) is 3.92. The molecule has 0 unspecified atom stereocenters. The van der Waals surface area contributed by atoms with E-state index in [4.69, 9.17) is 4.74 Å². The third-order valence-electron chi connectivity index (χ3n) is 4.70. The van der Waals surface area contributed by atoms with Crippen molar-refractivity contribution in [3.8, 4) is 10.6 Å². The first-order valence-electron chi connectivity index (χ1n) is 9.35. The lowest BCUT2D eigenvalue weighted by molar-refractivity contribution is 0.0470. The van der Waals surface area contributed by atoms with Crippen molar-refractivity contribution >= 4 is 28.2 Å². The largest absolute Gasteiger partial charge is 0.456 e. The van der Waals surface area contributed by atoms with Gasteiger partial charge in [-0.15, -0.1) is 11.3 Å². The molecule has 0 atom stereocenters. The topological polar surface area (TPSA) is 72.0 Å². The average Bonchev–Trinajstić information content (AvgIpc) is 3.20. The van der Waals surface area contributed by atoms with E-state index in [2.05, 4.69) is 48.1 Å². The van der Waals surface area contributed by atoms with Crippen molar-refractivity contribution in [2.45, 2.75) is 26.4 Å². The van der Waals surface area contributed by atoms with Crippen LogP contribution >= 0.6 is 11.3 Å². The number of aromatic nitrogens is 2. The predicted octanol–water partition coefficient (Wildman–Crippen LogP) is 5.13. The van der Waals surface area contributed by atoms with Crippen LogP contribution in [0.1, 0.15) is 41.4 Å². The Bertz CT molecular complexity index is 1220. The SMILES string of the molecule is CC(C)c1ccc(-c2nc(COC(=O)c3cc(=O)[nH]c4ccccc34)cs2)cc1. The molecular weight excluding hydrogens is 384 g/mol. The Kier molecular flexibility index (Phi) is 5.27. The summed E-state index contributed by atoms with van der Waals surface area (Å²) in [6, 6.07) is 16.8. The second kappa shape index (κ2) is 8.01. The summed E-state index contributed by atoms with van der Waals surface area (Å²) < 4.78 is 5.43. The molecule has 1 N–H and O–H groups in total. The van der Waals surface area contributed by atoms with Crippen molar-refractivity contribution in [3.63, 3.8) is 0 Å². The van der Waals surface area contributed by atoms with E-state index in [0.29, 0.717) is 22.5 Å². The Morgan fingerprint density at radius 1 is 1.14 bits per heavy atom. The number of aromatic amines is 1. The molecule has 5 nitrogen and oxygen atoms in total. The normalized spacial score (nSPS) is 11.1. The molecular formula is C23H20N2O3S. The highest BCUT2D eigenvalue weighted by molar-refractivity contribution is 7.13. The standard InChI is InChI=1S/C23H20N2O3S/c1-14(2)15-7-9-16(10-8-15)22-24-17(13-29-22)12-28-23(27)19-11-21(26)25-20-6-4-3-5-18(19)20/h3-11,13-14H,12H2,1-2H3,(H,25,26). The zero-order chi connectivity index (χ0) is 20.4. The Labute approximate surface area is 172 Å². The van der Waals surface area contributed by atoms with Gasteiger partial charge in [-0.25, -0.2) is 9.78 Å². The maximum Gasteiger partial charge on any atom is 0.339 e. The van der Waals surface area contributed by atoms with Crippen LogP contribution in [0, 0.1) is 0 Å². The summed E-state index contributed by atoms with van der Waals surface area (Å²) in [5.41, 5.74) is 3.52. The van der Waals surface area contributed by atoms with E-state index in [1.54, 1.807) is 18.2 Å². The lowest BCUT2D eigenvalue weighted by Gasteiger charge is -2.06. The monoisotopic (exact) mass is 404 g/mol. The van der Waals surface area contributed by atoms with E-state index in [-0.39, 0.29) is 17.7 Å². The maximum atomic E-state index is 12.6. The highest BCUT2D eigenvalue weighted by atomic mass is 32.1. The molecule has 2 heterocycles. The van der Waals surface area contributed by atoms with Crippen molar-refractivity contribution in [1.82, 2.24) is 9.97 Å². The van der Waals surface area contributed by atoms with Crippen LogP contribution in [0.4, 0.5) is 0 Å². The summed E-state index contributed by atoms with van der Waals surface area (Å²) in [5.74, 6) is -0.0558. The van der Waals surface area contributed by atoms with Gasteiger partial charge < -0.3 is 9.72 Å². The number of nitrogens with one attached hydrogen (secondary N) is 1. The summed E-state index contributed by atoms with van der Waals surface area (Å²) in [7, 11) is 0. The lowest BCUT2D eigenvalue weighted by atomic mass is 10.0. The van der Waals surface area contributed by atoms with E-state index in [0.717, 1.165) is 10.6 Å². The first-order valence-corrected chi connectivity index (χ1v) is 10.2. The zero-order valence-corrected chi connectivity index (χ0v) is 17.0. The average molecular weight is 404 g/mol. The van der Waals surface area contributed by atoms with Gasteiger partial charge >= 0.3 is 5.97 Å². The van der Waals surface area contributed by atoms with E-state index < -0.39 is 5.97 Å². The molecule has 6 heteroatoms. The number of thiazole rings is 1. The number of benzene rings is 2. The summed E-state index contributed by atoms with van der Waals surface area (Å²) in [6.07, 6.45) is 0. The van der Waals surface area contributed by atoms with Crippen LogP contribution in [0.5, 0.6) is 0 Å². The Balaban J connectivity index is 1.49. The maximum absolute atomic E-state index is 12.6. The van der Waals surface area contributed by atoms with Crippen LogP contribution in [0.15, 0.2) is 64.8 Å². The molecule has 0 spiro atoms. The van der Waals surface area contributed by atoms with Gasteiger partial charge in [-0.2, -0.15) is 0 Å². The number of ether oxygens (including phenoxy) is 1. The van der Waals surface area contributed by atoms with Crippen molar-refractivity contribution in [3.05, 3.63) is 87.2 Å². The molecule has 0 fully saturated rings. The minimum absolute atomic E-state index is 0.0561. The van der Waals surface area contributed by atoms with Gasteiger partial charge in [-0.05, 0) is 17.5 Å². The first-order chi connectivity index (χ1) is 14.0. The Hall–Kier alpha value is -3.25. The Morgan fingerprint density at radius 3 is 2.66 bits per heavy atom. The number of para-hydroxylation sites is 1. The second-order valence-corrected chi connectivity index (χ2v) is 7.95. The number of esters is 1. The first kappa shape index (κ1) is 19.1. The number of hydrogen-bond acceptors (Lipinski definition) is 5. The summed E-state index contributed by atoms with van der Waals surface area (Å²) in [4.78, 5) is 31.7. The molecule has 146 valence electrons. The molecule has 29 heavy (non-hydrogen) atoms. The smallest absolute Gasteiger partial charge is 0.339 e. The van der Waals surface area contributed by atoms with Crippen molar-refractivity contribution in [2.75, 3.05) is 0 Å². The summed E-state index contributed by atoms with van der Waals surface area (Å²) in [5, 5.41) is 3.42. The number of nitrogens with zero attached hydrogens (tertiary/aromatic N) is 1. The number of rotatable bonds is 5. The van der Waals surface area contributed by atoms with Crippen LogP contribution in [-0.2, 0) is 11.3 Å². The molecule has 0 aliphatic heterocycles. The molecule has 0 saturated carbocycles. The minimum atomic E-state index is -0.539. The molecule has 2 aromatic carbocycles. The van der Waals surface area contributed by atoms with Gasteiger partial charge in [0, 0.05) is 27.9 Å². The van der Waals surface area contributed by atoms with Crippen LogP contribution in [0.25, 0.3) is 21.5 Å². The molecule has 0 saturated heterocycles. The van der Waals surface area contributed by atoms with Gasteiger partial charge in [-0.1, -0.05) is 56.3 Å². The number of hydrogen-bond donors (Lipinski definition) is 1. The molecule has 4 rings (SSSR count). The fraction of sp³-hybridized carbons (Fsp3) is 0.174. The second-order valence-electron chi connectivity index (χ2n) is 7.09. The number of fused-ring (bicyclic) bond motifs is 1. The lowest BCUT2D eigenvalue weighted by Crippen LogP contribution is -2.13. The number of carbonyl (C=O) groups excluding carboxylic acids is 1. The molecule has 0 bridgehead atoms. The quantitative estimate of drug-likeness (QED) is 0.468. The minimum Gasteiger partial charge on any atom is -0.456 e. The third kappa shape index (κ3) is 4.12. The number of H-pyrrole nitrogens is 1. The van der Waals surface area contributed by atoms with Crippen molar-refractivity contribution < 1.29 is 9.53 Å². The van der Waals surface area contributed by atoms with Gasteiger partial charge in [0.15, 0.2) is 0 Å². The molecule has 0 amide bonds. The highest BCUT2D eigenvalue weighted by Gasteiger charge is 2.14. The van der Waals surface area contributed by atoms with E-state index >= 15 is 0 Å². The van der Waals surface area contributed by atoms with E-state index in [1.807, 2.05) is 11.4 Å². The predicted molar refractivity (Wildman–Crippen MR) is 115 cm³/mol. The van der Waals surface area contributed by atoms with Gasteiger partial charge in [-0.3, -0.25) is 4.79 Å². The molecule has 0 radical (unpaired) electrons. The molecule has 0 aliphatic rings. The van der Waals surface area contributed by atoms with E-state index in [1.165, 1.54) is 23.0 Å². The van der Waals surface area contributed by atoms with Crippen LogP contribution in [0.2, 0.25) is 0 Å². The Morgan fingerprint density at radius 2 is 1.90 bits per heavy atom. The van der Waals surface area contributed by atoms with Gasteiger partial charge in [0.1, 0.15) is 11.6 Å². The molecule has 0 aliphatic carbocycles. The third-order valence-corrected chi connectivity index (χ3v) is 5.64. The highest BCUT2D eigenvalue weighted by Crippen LogP contribution is 2.26. The summed E-state index contributed by atoms with van der Waals surface area (Å²) in [6.45, 7) is 4.38. The van der Waals surface area contributed by atoms with Crippen LogP contribution in [-0.4, -0.2) is 15.9 Å². The number of pyridine rings is 1. The fourth-order valence-electron chi connectivity index (χ4n) is 3.11. The molecule has 2 aromatic heterocycles. The van der Waals surface area contributed by atoms with E-state index in [9.17, 15) is 9.59 Å². The number of carbonyl (C=O) groups is 1. The zero-order valence-electron chi connectivity index (χ0n) is 16.1. The molecule has 4 aromatic rings. The van der Waals surface area contributed by atoms with Gasteiger partial charge in [0.2, 0.25) is 5.56 Å².